The van der Waals surface area contributed by atoms with Crippen molar-refractivity contribution in [3.05, 3.63) is 48.5 Å². The smallest absolute Gasteiger partial charge is 0.296 e. The van der Waals surface area contributed by atoms with Gasteiger partial charge in [-0.15, -0.1) is 5.11 Å². The topological polar surface area (TPSA) is 99.3 Å². The molecule has 0 unspecified atom stereocenters. The van der Waals surface area contributed by atoms with Crippen LogP contribution in [-0.2, 0) is 10.1 Å². The first-order valence-corrected chi connectivity index (χ1v) is 6.68. The van der Waals surface area contributed by atoms with Crippen molar-refractivity contribution in [3.63, 3.8) is 0 Å². The lowest BCUT2D eigenvalue weighted by Gasteiger charge is -2.02. The summed E-state index contributed by atoms with van der Waals surface area (Å²) in [4.78, 5) is -0.412. The van der Waals surface area contributed by atoms with E-state index in [1.807, 2.05) is 0 Å². The summed E-state index contributed by atoms with van der Waals surface area (Å²) < 4.78 is 31.3. The SMILES string of the molecule is O=S(=O)(O)c1ccc(O)cc1N=Nc1ccccc1. The fourth-order valence-corrected chi connectivity index (χ4v) is 2.01. The molecule has 7 heteroatoms. The van der Waals surface area contributed by atoms with Gasteiger partial charge in [-0.3, -0.25) is 4.55 Å². The van der Waals surface area contributed by atoms with Gasteiger partial charge in [0.1, 0.15) is 16.3 Å². The zero-order chi connectivity index (χ0) is 13.9. The molecule has 0 aliphatic rings. The van der Waals surface area contributed by atoms with Crippen LogP contribution in [-0.4, -0.2) is 18.1 Å². The zero-order valence-electron chi connectivity index (χ0n) is 9.63. The molecule has 0 radical (unpaired) electrons. The Hall–Kier alpha value is -2.25. The van der Waals surface area contributed by atoms with Gasteiger partial charge in [-0.1, -0.05) is 18.2 Å². The lowest BCUT2D eigenvalue weighted by atomic mass is 10.3. The van der Waals surface area contributed by atoms with E-state index < -0.39 is 15.0 Å². The van der Waals surface area contributed by atoms with E-state index >= 15 is 0 Å². The third-order valence-electron chi connectivity index (χ3n) is 2.25. The Balaban J connectivity index is 2.45. The van der Waals surface area contributed by atoms with E-state index in [1.165, 1.54) is 0 Å². The molecule has 2 rings (SSSR count). The molecular weight excluding hydrogens is 268 g/mol. The van der Waals surface area contributed by atoms with E-state index in [4.69, 9.17) is 4.55 Å². The molecule has 0 saturated heterocycles. The first kappa shape index (κ1) is 13.2. The normalized spacial score (nSPS) is 11.8. The number of azo groups is 1. The molecule has 98 valence electrons. The van der Waals surface area contributed by atoms with E-state index in [0.29, 0.717) is 5.69 Å². The van der Waals surface area contributed by atoms with Crippen LogP contribution in [0.1, 0.15) is 0 Å². The number of rotatable bonds is 3. The third-order valence-corrected chi connectivity index (χ3v) is 3.15. The van der Waals surface area contributed by atoms with Crippen LogP contribution in [0.15, 0.2) is 63.7 Å². The molecule has 0 bridgehead atoms. The van der Waals surface area contributed by atoms with E-state index in [1.54, 1.807) is 30.3 Å². The summed E-state index contributed by atoms with van der Waals surface area (Å²) in [6.07, 6.45) is 0. The van der Waals surface area contributed by atoms with Gasteiger partial charge in [-0.2, -0.15) is 13.5 Å². The van der Waals surface area contributed by atoms with Gasteiger partial charge >= 0.3 is 0 Å². The average Bonchev–Trinajstić information content (AvgIpc) is 2.36. The van der Waals surface area contributed by atoms with Crippen molar-refractivity contribution in [1.29, 1.82) is 0 Å². The van der Waals surface area contributed by atoms with Gasteiger partial charge < -0.3 is 5.11 Å². The second-order valence-corrected chi connectivity index (χ2v) is 5.05. The van der Waals surface area contributed by atoms with Crippen molar-refractivity contribution in [2.75, 3.05) is 0 Å². The predicted molar refractivity (Wildman–Crippen MR) is 68.5 cm³/mol. The summed E-state index contributed by atoms with van der Waals surface area (Å²) in [7, 11) is -4.42. The van der Waals surface area contributed by atoms with E-state index in [2.05, 4.69) is 10.2 Å². The van der Waals surface area contributed by atoms with Crippen molar-refractivity contribution >= 4 is 21.5 Å². The van der Waals surface area contributed by atoms with Crippen molar-refractivity contribution in [3.8, 4) is 5.75 Å². The Morgan fingerprint density at radius 3 is 2.26 bits per heavy atom. The number of hydrogen-bond acceptors (Lipinski definition) is 5. The van der Waals surface area contributed by atoms with Crippen LogP contribution >= 0.6 is 0 Å². The molecule has 0 heterocycles. The summed E-state index contributed by atoms with van der Waals surface area (Å²) in [5, 5.41) is 16.9. The molecule has 0 saturated carbocycles. The van der Waals surface area contributed by atoms with Crippen LogP contribution in [0.2, 0.25) is 0 Å². The molecule has 2 N–H and O–H groups in total. The summed E-state index contributed by atoms with van der Waals surface area (Å²) in [5.41, 5.74) is 0.387. The van der Waals surface area contributed by atoms with Gasteiger partial charge in [0.25, 0.3) is 10.1 Å². The predicted octanol–water partition coefficient (Wildman–Crippen LogP) is 3.05. The number of phenolic OH excluding ortho intramolecular Hbond substituents is 1. The summed E-state index contributed by atoms with van der Waals surface area (Å²) in [5.74, 6) is -0.172. The monoisotopic (exact) mass is 278 g/mol. The van der Waals surface area contributed by atoms with Crippen molar-refractivity contribution in [1.82, 2.24) is 0 Å². The largest absolute Gasteiger partial charge is 0.508 e. The second kappa shape index (κ2) is 5.17. The van der Waals surface area contributed by atoms with Gasteiger partial charge in [0.05, 0.1) is 5.69 Å². The molecular formula is C12H10N2O4S. The minimum absolute atomic E-state index is 0.133. The number of aromatic hydroxyl groups is 1. The molecule has 0 aliphatic heterocycles. The standard InChI is InChI=1S/C12H10N2O4S/c15-10-6-7-12(19(16,17)18)11(8-10)14-13-9-4-2-1-3-5-9/h1-8,15H,(H,16,17,18). The minimum atomic E-state index is -4.42. The molecule has 0 atom stereocenters. The lowest BCUT2D eigenvalue weighted by molar-refractivity contribution is 0.473. The Kier molecular flexibility index (Phi) is 3.59. The van der Waals surface area contributed by atoms with Gasteiger partial charge in [0.15, 0.2) is 0 Å². The van der Waals surface area contributed by atoms with Crippen LogP contribution < -0.4 is 0 Å². The Morgan fingerprint density at radius 1 is 0.947 bits per heavy atom. The highest BCUT2D eigenvalue weighted by Crippen LogP contribution is 2.29. The first-order chi connectivity index (χ1) is 8.97. The van der Waals surface area contributed by atoms with E-state index in [0.717, 1.165) is 18.2 Å². The summed E-state index contributed by atoms with van der Waals surface area (Å²) in [6.45, 7) is 0. The van der Waals surface area contributed by atoms with Gasteiger partial charge in [0, 0.05) is 6.07 Å². The number of phenols is 1. The van der Waals surface area contributed by atoms with Gasteiger partial charge in [0.2, 0.25) is 0 Å². The molecule has 0 fully saturated rings. The fraction of sp³-hybridized carbons (Fsp3) is 0. The maximum atomic E-state index is 11.1. The average molecular weight is 278 g/mol. The fourth-order valence-electron chi connectivity index (χ4n) is 1.41. The number of nitrogens with zero attached hydrogens (tertiary/aromatic N) is 2. The number of hydrogen-bond donors (Lipinski definition) is 2. The lowest BCUT2D eigenvalue weighted by Crippen LogP contribution is -1.97. The highest BCUT2D eigenvalue weighted by atomic mass is 32.2. The molecule has 0 aliphatic carbocycles. The van der Waals surface area contributed by atoms with Crippen molar-refractivity contribution in [2.45, 2.75) is 4.90 Å². The quantitative estimate of drug-likeness (QED) is 0.665. The first-order valence-electron chi connectivity index (χ1n) is 5.24. The molecule has 0 amide bonds. The second-order valence-electron chi connectivity index (χ2n) is 3.66. The molecule has 2 aromatic carbocycles. The molecule has 0 aromatic heterocycles. The van der Waals surface area contributed by atoms with E-state index in [-0.39, 0.29) is 11.4 Å². The van der Waals surface area contributed by atoms with Crippen LogP contribution in [0.25, 0.3) is 0 Å². The zero-order valence-corrected chi connectivity index (χ0v) is 10.4. The molecule has 6 nitrogen and oxygen atoms in total. The maximum absolute atomic E-state index is 11.1. The molecule has 0 spiro atoms. The highest BCUT2D eigenvalue weighted by Gasteiger charge is 2.15. The molecule has 19 heavy (non-hydrogen) atoms. The Bertz CT molecular complexity index is 712. The van der Waals surface area contributed by atoms with Crippen LogP contribution in [0.3, 0.4) is 0 Å². The summed E-state index contributed by atoms with van der Waals surface area (Å²) >= 11 is 0. The van der Waals surface area contributed by atoms with Crippen LogP contribution in [0, 0.1) is 0 Å². The third kappa shape index (κ3) is 3.36. The Morgan fingerprint density at radius 2 is 1.63 bits per heavy atom. The van der Waals surface area contributed by atoms with Gasteiger partial charge in [-0.05, 0) is 24.3 Å². The Labute approximate surface area is 109 Å². The van der Waals surface area contributed by atoms with E-state index in [9.17, 15) is 13.5 Å². The maximum Gasteiger partial charge on any atom is 0.296 e. The molecule has 2 aromatic rings. The van der Waals surface area contributed by atoms with Crippen molar-refractivity contribution in [2.24, 2.45) is 10.2 Å². The minimum Gasteiger partial charge on any atom is -0.508 e. The van der Waals surface area contributed by atoms with Gasteiger partial charge in [-0.25, -0.2) is 0 Å². The summed E-state index contributed by atoms with van der Waals surface area (Å²) in [6, 6.07) is 12.0. The van der Waals surface area contributed by atoms with Crippen LogP contribution in [0.4, 0.5) is 11.4 Å². The van der Waals surface area contributed by atoms with Crippen LogP contribution in [0.5, 0.6) is 5.75 Å². The highest BCUT2D eigenvalue weighted by molar-refractivity contribution is 7.86. The number of benzene rings is 2. The van der Waals surface area contributed by atoms with Crippen molar-refractivity contribution < 1.29 is 18.1 Å².